The zero-order valence-corrected chi connectivity index (χ0v) is 16.6. The maximum Gasteiger partial charge on any atom is 0.336 e. The number of methoxy groups -OCH3 is 1. The van der Waals surface area contributed by atoms with E-state index < -0.39 is 11.9 Å². The Morgan fingerprint density at radius 3 is 2.63 bits per heavy atom. The summed E-state index contributed by atoms with van der Waals surface area (Å²) in [5.74, 6) is 0.830. The summed E-state index contributed by atoms with van der Waals surface area (Å²) in [6, 6.07) is 9.47. The number of benzene rings is 1. The van der Waals surface area contributed by atoms with Crippen molar-refractivity contribution in [2.75, 3.05) is 18.2 Å². The lowest BCUT2D eigenvalue weighted by atomic mass is 9.82. The van der Waals surface area contributed by atoms with Gasteiger partial charge >= 0.3 is 5.97 Å². The lowest BCUT2D eigenvalue weighted by molar-refractivity contribution is -0.136. The number of H-pyrrole nitrogens is 1. The van der Waals surface area contributed by atoms with E-state index >= 15 is 0 Å². The van der Waals surface area contributed by atoms with Gasteiger partial charge < -0.3 is 15.0 Å². The third-order valence-electron chi connectivity index (χ3n) is 4.31. The zero-order chi connectivity index (χ0) is 19.6. The Balaban J connectivity index is 2.15. The summed E-state index contributed by atoms with van der Waals surface area (Å²) in [5.41, 5.74) is 2.09. The normalized spacial score (nSPS) is 16.1. The number of fused-ring (bicyclic) bond motifs is 1. The molecule has 2 aromatic rings. The predicted octanol–water partition coefficient (Wildman–Crippen LogP) is 3.52. The number of ether oxygens (including phenoxy) is 1. The fourth-order valence-electron chi connectivity index (χ4n) is 3.10. The molecule has 0 amide bonds. The summed E-state index contributed by atoms with van der Waals surface area (Å²) in [6.07, 6.45) is 0. The molecule has 27 heavy (non-hydrogen) atoms. The second kappa shape index (κ2) is 8.00. The number of hydrogen-bond acceptors (Lipinski definition) is 6. The Morgan fingerprint density at radius 2 is 2.00 bits per heavy atom. The molecule has 0 radical (unpaired) electrons. The van der Waals surface area contributed by atoms with E-state index in [2.05, 4.69) is 29.1 Å². The molecule has 2 heterocycles. The molecule has 0 saturated heterocycles. The highest BCUT2D eigenvalue weighted by Gasteiger charge is 2.36. The van der Waals surface area contributed by atoms with Crippen LogP contribution in [-0.4, -0.2) is 28.8 Å². The standard InChI is InChI=1S/C20H23N3O3S/c1-11(2)10-27-20-22-17-16(18(24)23-20)15(13-8-6-5-7-9-13)14(12(3)21-17)19(25)26-4/h5-9,11,15H,10H2,1-4H3,(H2,21,22,23,24)/t15-/m0/s1. The monoisotopic (exact) mass is 385 g/mol. The minimum Gasteiger partial charge on any atom is -0.466 e. The molecule has 1 aromatic heterocycles. The number of nitrogens with zero attached hydrogens (tertiary/aromatic N) is 1. The Morgan fingerprint density at radius 1 is 1.30 bits per heavy atom. The number of rotatable bonds is 5. The minimum atomic E-state index is -0.532. The summed E-state index contributed by atoms with van der Waals surface area (Å²) in [7, 11) is 1.34. The topological polar surface area (TPSA) is 84.1 Å². The van der Waals surface area contributed by atoms with Crippen LogP contribution < -0.4 is 10.9 Å². The van der Waals surface area contributed by atoms with E-state index in [0.717, 1.165) is 11.3 Å². The van der Waals surface area contributed by atoms with E-state index in [0.29, 0.717) is 33.7 Å². The summed E-state index contributed by atoms with van der Waals surface area (Å²) in [4.78, 5) is 32.9. The highest BCUT2D eigenvalue weighted by Crippen LogP contribution is 2.39. The van der Waals surface area contributed by atoms with Gasteiger partial charge in [0.25, 0.3) is 5.56 Å². The van der Waals surface area contributed by atoms with Gasteiger partial charge in [0.15, 0.2) is 5.16 Å². The predicted molar refractivity (Wildman–Crippen MR) is 107 cm³/mol. The molecular formula is C20H23N3O3S. The first-order valence-corrected chi connectivity index (χ1v) is 9.79. The average molecular weight is 385 g/mol. The fraction of sp³-hybridized carbons (Fsp3) is 0.350. The number of aromatic nitrogens is 2. The van der Waals surface area contributed by atoms with Gasteiger partial charge in [0.05, 0.1) is 24.2 Å². The van der Waals surface area contributed by atoms with E-state index in [-0.39, 0.29) is 5.56 Å². The van der Waals surface area contributed by atoms with Crippen molar-refractivity contribution >= 4 is 23.5 Å². The number of hydrogen-bond donors (Lipinski definition) is 2. The van der Waals surface area contributed by atoms with Crippen LogP contribution in [0.25, 0.3) is 0 Å². The maximum atomic E-state index is 13.0. The van der Waals surface area contributed by atoms with Crippen LogP contribution >= 0.6 is 11.8 Å². The lowest BCUT2D eigenvalue weighted by Gasteiger charge is -2.28. The molecule has 0 spiro atoms. The van der Waals surface area contributed by atoms with Crippen LogP contribution in [0.5, 0.6) is 0 Å². The van der Waals surface area contributed by atoms with Crippen LogP contribution in [0.4, 0.5) is 5.82 Å². The SMILES string of the molecule is COC(=O)C1=C(C)Nc2nc(SCC(C)C)[nH]c(=O)c2[C@H]1c1ccccc1. The van der Waals surface area contributed by atoms with Crippen molar-refractivity contribution < 1.29 is 9.53 Å². The number of thioether (sulfide) groups is 1. The Hall–Kier alpha value is -2.54. The molecule has 0 saturated carbocycles. The summed E-state index contributed by atoms with van der Waals surface area (Å²) < 4.78 is 4.98. The Bertz CT molecular complexity index is 935. The van der Waals surface area contributed by atoms with Gasteiger partial charge in [0, 0.05) is 11.4 Å². The lowest BCUT2D eigenvalue weighted by Crippen LogP contribution is -2.31. The quantitative estimate of drug-likeness (QED) is 0.465. The molecule has 0 bridgehead atoms. The highest BCUT2D eigenvalue weighted by molar-refractivity contribution is 7.99. The van der Waals surface area contributed by atoms with Gasteiger partial charge in [-0.05, 0) is 18.4 Å². The number of allylic oxidation sites excluding steroid dienone is 1. The number of esters is 1. The molecule has 142 valence electrons. The van der Waals surface area contributed by atoms with Gasteiger partial charge in [0.2, 0.25) is 0 Å². The van der Waals surface area contributed by atoms with Gasteiger partial charge in [-0.25, -0.2) is 9.78 Å². The van der Waals surface area contributed by atoms with Gasteiger partial charge in [-0.15, -0.1) is 0 Å². The van der Waals surface area contributed by atoms with Crippen molar-refractivity contribution in [2.24, 2.45) is 5.92 Å². The first kappa shape index (κ1) is 19.2. The van der Waals surface area contributed by atoms with Crippen molar-refractivity contribution in [1.82, 2.24) is 9.97 Å². The van der Waals surface area contributed by atoms with Crippen molar-refractivity contribution in [2.45, 2.75) is 31.8 Å². The summed E-state index contributed by atoms with van der Waals surface area (Å²) >= 11 is 1.51. The molecule has 0 fully saturated rings. The van der Waals surface area contributed by atoms with E-state index in [4.69, 9.17) is 4.74 Å². The molecular weight excluding hydrogens is 362 g/mol. The molecule has 7 heteroatoms. The van der Waals surface area contributed by atoms with Crippen LogP contribution in [0.1, 0.15) is 37.8 Å². The summed E-state index contributed by atoms with van der Waals surface area (Å²) in [6.45, 7) is 6.03. The van der Waals surface area contributed by atoms with Crippen LogP contribution in [-0.2, 0) is 9.53 Å². The van der Waals surface area contributed by atoms with Crippen LogP contribution in [0.2, 0.25) is 0 Å². The van der Waals surface area contributed by atoms with Crippen LogP contribution in [0.15, 0.2) is 51.6 Å². The van der Waals surface area contributed by atoms with Gasteiger partial charge in [-0.2, -0.15) is 0 Å². The fourth-order valence-corrected chi connectivity index (χ4v) is 3.92. The molecule has 1 atom stereocenters. The van der Waals surface area contributed by atoms with E-state index in [1.165, 1.54) is 18.9 Å². The third kappa shape index (κ3) is 3.93. The van der Waals surface area contributed by atoms with Crippen LogP contribution in [0.3, 0.4) is 0 Å². The van der Waals surface area contributed by atoms with Crippen molar-refractivity contribution in [3.05, 3.63) is 63.1 Å². The minimum absolute atomic E-state index is 0.249. The average Bonchev–Trinajstić information content (AvgIpc) is 2.65. The second-order valence-electron chi connectivity index (χ2n) is 6.84. The first-order valence-electron chi connectivity index (χ1n) is 8.80. The highest BCUT2D eigenvalue weighted by atomic mass is 32.2. The largest absolute Gasteiger partial charge is 0.466 e. The van der Waals surface area contributed by atoms with Gasteiger partial charge in [0.1, 0.15) is 5.82 Å². The number of nitrogens with one attached hydrogen (secondary N) is 2. The molecule has 1 aromatic carbocycles. The second-order valence-corrected chi connectivity index (χ2v) is 7.85. The van der Waals surface area contributed by atoms with E-state index in [1.54, 1.807) is 6.92 Å². The van der Waals surface area contributed by atoms with Crippen molar-refractivity contribution in [3.8, 4) is 0 Å². The van der Waals surface area contributed by atoms with E-state index in [1.807, 2.05) is 30.3 Å². The third-order valence-corrected chi connectivity index (χ3v) is 5.61. The molecule has 0 aliphatic carbocycles. The molecule has 1 aliphatic rings. The Labute approximate surface area is 162 Å². The smallest absolute Gasteiger partial charge is 0.336 e. The molecule has 6 nitrogen and oxygen atoms in total. The van der Waals surface area contributed by atoms with Crippen molar-refractivity contribution in [3.63, 3.8) is 0 Å². The number of carbonyl (C=O) groups is 1. The first-order chi connectivity index (χ1) is 12.9. The number of carbonyl (C=O) groups excluding carboxylic acids is 1. The summed E-state index contributed by atoms with van der Waals surface area (Å²) in [5, 5.41) is 3.70. The molecule has 2 N–H and O–H groups in total. The van der Waals surface area contributed by atoms with Crippen LogP contribution in [0, 0.1) is 5.92 Å². The van der Waals surface area contributed by atoms with E-state index in [9.17, 15) is 9.59 Å². The Kier molecular flexibility index (Phi) is 5.70. The molecule has 3 rings (SSSR count). The van der Waals surface area contributed by atoms with Gasteiger partial charge in [-0.1, -0.05) is 55.9 Å². The molecule has 0 unspecified atom stereocenters. The zero-order valence-electron chi connectivity index (χ0n) is 15.8. The van der Waals surface area contributed by atoms with Gasteiger partial charge in [-0.3, -0.25) is 4.79 Å². The maximum absolute atomic E-state index is 13.0. The molecule has 1 aliphatic heterocycles. The number of aromatic amines is 1. The number of anilines is 1. The van der Waals surface area contributed by atoms with Crippen molar-refractivity contribution in [1.29, 1.82) is 0 Å².